The summed E-state index contributed by atoms with van der Waals surface area (Å²) in [6.07, 6.45) is 14.6. The molecule has 95 valence electrons. The van der Waals surface area contributed by atoms with Gasteiger partial charge in [-0.1, -0.05) is 0 Å². The van der Waals surface area contributed by atoms with E-state index in [4.69, 9.17) is 4.74 Å². The summed E-state index contributed by atoms with van der Waals surface area (Å²) in [6, 6.07) is 0. The van der Waals surface area contributed by atoms with Crippen LogP contribution in [0.15, 0.2) is 45.1 Å². The number of hydrogen-bond acceptors (Lipinski definition) is 1. The second-order valence-electron chi connectivity index (χ2n) is 5.43. The van der Waals surface area contributed by atoms with Crippen LogP contribution in [0.3, 0.4) is 0 Å². The molecule has 0 fully saturated rings. The van der Waals surface area contributed by atoms with Gasteiger partial charge in [0, 0.05) is 0 Å². The first-order valence-corrected chi connectivity index (χ1v) is 8.08. The fraction of sp³-hybridized carbons (Fsp3) is 0.500. The van der Waals surface area contributed by atoms with Gasteiger partial charge in [0.05, 0.1) is 0 Å². The molecule has 1 unspecified atom stereocenters. The van der Waals surface area contributed by atoms with E-state index in [0.29, 0.717) is 0 Å². The molecule has 0 saturated heterocycles. The Bertz CT molecular complexity index is 440. The zero-order valence-electron chi connectivity index (χ0n) is 11.5. The molecule has 18 heavy (non-hydrogen) atoms. The Kier molecular flexibility index (Phi) is 4.54. The Morgan fingerprint density at radius 3 is 2.72 bits per heavy atom. The third-order valence-electron chi connectivity index (χ3n) is 3.61. The zero-order chi connectivity index (χ0) is 13.2. The summed E-state index contributed by atoms with van der Waals surface area (Å²) in [7, 11) is 0. The van der Waals surface area contributed by atoms with Gasteiger partial charge in [-0.25, -0.2) is 0 Å². The van der Waals surface area contributed by atoms with E-state index >= 15 is 0 Å². The molecule has 2 aliphatic carbocycles. The van der Waals surface area contributed by atoms with Crippen LogP contribution in [0.2, 0.25) is 0 Å². The predicted octanol–water partition coefficient (Wildman–Crippen LogP) is 3.83. The number of allylic oxidation sites excluding steroid dienone is 5. The molecule has 0 aliphatic heterocycles. The summed E-state index contributed by atoms with van der Waals surface area (Å²) in [6.45, 7) is 6.46. The summed E-state index contributed by atoms with van der Waals surface area (Å²) in [5, 5.41) is 0. The van der Waals surface area contributed by atoms with E-state index in [1.165, 1.54) is 11.1 Å². The molecule has 1 nitrogen and oxygen atoms in total. The van der Waals surface area contributed by atoms with Gasteiger partial charge in [-0.3, -0.25) is 0 Å². The molecule has 1 atom stereocenters. The van der Waals surface area contributed by atoms with Crippen molar-refractivity contribution in [3.8, 4) is 0 Å². The van der Waals surface area contributed by atoms with Crippen LogP contribution in [-0.4, -0.2) is 34.2 Å². The van der Waals surface area contributed by atoms with Crippen molar-refractivity contribution in [1.29, 1.82) is 0 Å². The standard InChI is InChI=1S/C16H21O.Sn/c1-13(2)17-16(11-7-6-8-14(16)3)12-15-9-4-5-10-15;/h4,6-9,13H,5,11-12H2,1-3H3;. The van der Waals surface area contributed by atoms with E-state index in [-0.39, 0.29) is 11.7 Å². The van der Waals surface area contributed by atoms with Crippen molar-refractivity contribution in [2.45, 2.75) is 51.7 Å². The van der Waals surface area contributed by atoms with Gasteiger partial charge < -0.3 is 0 Å². The van der Waals surface area contributed by atoms with Gasteiger partial charge in [-0.15, -0.1) is 0 Å². The Morgan fingerprint density at radius 1 is 1.39 bits per heavy atom. The third-order valence-corrected chi connectivity index (χ3v) is 5.11. The first-order chi connectivity index (χ1) is 8.53. The fourth-order valence-electron chi connectivity index (χ4n) is 2.65. The molecule has 0 aromatic rings. The number of ether oxygens (including phenoxy) is 1. The Hall–Kier alpha value is -0.281. The summed E-state index contributed by atoms with van der Waals surface area (Å²) in [5.74, 6) is 0. The topological polar surface area (TPSA) is 9.23 Å². The second-order valence-corrected chi connectivity index (χ2v) is 7.15. The zero-order valence-corrected chi connectivity index (χ0v) is 14.3. The van der Waals surface area contributed by atoms with Crippen LogP contribution in [0.1, 0.15) is 40.0 Å². The molecule has 0 heterocycles. The third kappa shape index (κ3) is 3.00. The van der Waals surface area contributed by atoms with E-state index in [1.54, 1.807) is 26.1 Å². The first kappa shape index (κ1) is 14.1. The van der Waals surface area contributed by atoms with E-state index in [0.717, 1.165) is 19.3 Å². The molecule has 2 rings (SSSR count). The fourth-order valence-corrected chi connectivity index (χ4v) is 3.48. The Morgan fingerprint density at radius 2 is 2.17 bits per heavy atom. The first-order valence-electron chi connectivity index (χ1n) is 6.65. The van der Waals surface area contributed by atoms with Crippen LogP contribution >= 0.6 is 0 Å². The molecule has 2 aliphatic rings. The van der Waals surface area contributed by atoms with Gasteiger partial charge in [-0.05, 0) is 0 Å². The average Bonchev–Trinajstić information content (AvgIpc) is 2.68. The minimum absolute atomic E-state index is 0.116. The maximum absolute atomic E-state index is 6.32. The molecule has 0 N–H and O–H groups in total. The predicted molar refractivity (Wildman–Crippen MR) is 77.6 cm³/mol. The Balaban J connectivity index is 2.26. The van der Waals surface area contributed by atoms with E-state index in [2.05, 4.69) is 51.2 Å². The van der Waals surface area contributed by atoms with Gasteiger partial charge >= 0.3 is 124 Å². The van der Waals surface area contributed by atoms with Crippen LogP contribution in [0, 0.1) is 0 Å². The SMILES string of the molecule is CC1=CC=CCC1(CC1=[C]([Sn])CC=C1)OC(C)C. The van der Waals surface area contributed by atoms with Crippen molar-refractivity contribution in [1.82, 2.24) is 0 Å². The van der Waals surface area contributed by atoms with Crippen LogP contribution in [0.4, 0.5) is 0 Å². The van der Waals surface area contributed by atoms with Crippen molar-refractivity contribution in [2.24, 2.45) is 0 Å². The van der Waals surface area contributed by atoms with Gasteiger partial charge in [0.1, 0.15) is 0 Å². The van der Waals surface area contributed by atoms with Gasteiger partial charge in [0.25, 0.3) is 0 Å². The molecule has 0 saturated carbocycles. The van der Waals surface area contributed by atoms with Crippen molar-refractivity contribution in [3.05, 3.63) is 45.1 Å². The van der Waals surface area contributed by atoms with Crippen LogP contribution in [0.5, 0.6) is 0 Å². The maximum atomic E-state index is 6.32. The molecule has 3 radical (unpaired) electrons. The summed E-state index contributed by atoms with van der Waals surface area (Å²) < 4.78 is 7.90. The molecule has 0 aromatic heterocycles. The monoisotopic (exact) mass is 349 g/mol. The number of hydrogen-bond donors (Lipinski definition) is 0. The van der Waals surface area contributed by atoms with Crippen molar-refractivity contribution in [2.75, 3.05) is 0 Å². The molecule has 2 heteroatoms. The average molecular weight is 348 g/mol. The molecular weight excluding hydrogens is 327 g/mol. The minimum atomic E-state index is -0.116. The van der Waals surface area contributed by atoms with E-state index in [9.17, 15) is 0 Å². The Labute approximate surface area is 124 Å². The van der Waals surface area contributed by atoms with E-state index < -0.39 is 0 Å². The normalized spacial score (nSPS) is 27.3. The van der Waals surface area contributed by atoms with Gasteiger partial charge in [-0.2, -0.15) is 0 Å². The summed E-state index contributed by atoms with van der Waals surface area (Å²) in [5.41, 5.74) is 2.74. The second kappa shape index (κ2) is 5.79. The van der Waals surface area contributed by atoms with Gasteiger partial charge in [0.15, 0.2) is 0 Å². The molecule has 0 bridgehead atoms. The summed E-state index contributed by atoms with van der Waals surface area (Å²) in [4.78, 5) is 0. The van der Waals surface area contributed by atoms with Crippen LogP contribution in [0.25, 0.3) is 0 Å². The van der Waals surface area contributed by atoms with Crippen molar-refractivity contribution < 1.29 is 4.74 Å². The number of rotatable bonds is 4. The molecule has 0 aromatic carbocycles. The van der Waals surface area contributed by atoms with Crippen LogP contribution in [-0.2, 0) is 4.74 Å². The van der Waals surface area contributed by atoms with Crippen molar-refractivity contribution in [3.63, 3.8) is 0 Å². The molecular formula is C16H21OSn. The quantitative estimate of drug-likeness (QED) is 0.702. The van der Waals surface area contributed by atoms with Crippen LogP contribution < -0.4 is 0 Å². The molecule has 0 amide bonds. The van der Waals surface area contributed by atoms with E-state index in [1.807, 2.05) is 0 Å². The van der Waals surface area contributed by atoms with Crippen molar-refractivity contribution >= 4 is 22.5 Å². The summed E-state index contributed by atoms with van der Waals surface area (Å²) >= 11 is 1.54. The van der Waals surface area contributed by atoms with Gasteiger partial charge in [0.2, 0.25) is 0 Å². The molecule has 0 spiro atoms.